The van der Waals surface area contributed by atoms with Crippen molar-refractivity contribution in [3.05, 3.63) is 58.9 Å². The summed E-state index contributed by atoms with van der Waals surface area (Å²) in [6.07, 6.45) is 0. The fourth-order valence-electron chi connectivity index (χ4n) is 2.16. The molecule has 0 atom stereocenters. The third-order valence-electron chi connectivity index (χ3n) is 3.34. The van der Waals surface area contributed by atoms with Gasteiger partial charge in [0, 0.05) is 5.56 Å². The highest BCUT2D eigenvalue weighted by Crippen LogP contribution is 2.35. The number of hydrogen-bond acceptors (Lipinski definition) is 2. The normalized spacial score (nSPS) is 11.5. The van der Waals surface area contributed by atoms with Gasteiger partial charge in [-0.1, -0.05) is 44.5 Å². The van der Waals surface area contributed by atoms with Crippen LogP contribution in [0.15, 0.2) is 36.4 Å². The van der Waals surface area contributed by atoms with Crippen LogP contribution >= 0.6 is 0 Å². The summed E-state index contributed by atoms with van der Waals surface area (Å²) in [4.78, 5) is 0. The molecule has 0 aliphatic heterocycles. The molecule has 2 aromatic rings. The molecule has 0 saturated heterocycles. The Balaban J connectivity index is 2.40. The number of aliphatic hydroxyl groups is 1. The molecule has 21 heavy (non-hydrogen) atoms. The molecule has 0 fully saturated rings. The summed E-state index contributed by atoms with van der Waals surface area (Å²) in [5, 5.41) is 9.02. The van der Waals surface area contributed by atoms with Crippen LogP contribution in [0.2, 0.25) is 0 Å². The predicted molar refractivity (Wildman–Crippen MR) is 82.3 cm³/mol. The molecule has 0 saturated carbocycles. The maximum atomic E-state index is 14.0. The van der Waals surface area contributed by atoms with Crippen LogP contribution in [-0.2, 0) is 12.0 Å². The van der Waals surface area contributed by atoms with Crippen LogP contribution in [0.5, 0.6) is 11.5 Å². The summed E-state index contributed by atoms with van der Waals surface area (Å²) in [6, 6.07) is 10.4. The zero-order valence-electron chi connectivity index (χ0n) is 12.9. The van der Waals surface area contributed by atoms with E-state index in [0.29, 0.717) is 11.3 Å². The number of aryl methyl sites for hydroxylation is 1. The van der Waals surface area contributed by atoms with Crippen molar-refractivity contribution in [2.75, 3.05) is 0 Å². The van der Waals surface area contributed by atoms with Gasteiger partial charge in [-0.2, -0.15) is 0 Å². The molecule has 0 unspecified atom stereocenters. The lowest BCUT2D eigenvalue weighted by Gasteiger charge is -2.23. The maximum absolute atomic E-state index is 14.0. The van der Waals surface area contributed by atoms with Crippen molar-refractivity contribution in [2.24, 2.45) is 0 Å². The van der Waals surface area contributed by atoms with Gasteiger partial charge in [0.25, 0.3) is 0 Å². The van der Waals surface area contributed by atoms with Gasteiger partial charge in [-0.3, -0.25) is 0 Å². The van der Waals surface area contributed by atoms with E-state index in [4.69, 9.17) is 9.84 Å². The van der Waals surface area contributed by atoms with Crippen LogP contribution in [0.4, 0.5) is 4.39 Å². The highest BCUT2D eigenvalue weighted by molar-refractivity contribution is 5.44. The fraction of sp³-hybridized carbons (Fsp3) is 0.333. The van der Waals surface area contributed by atoms with Gasteiger partial charge < -0.3 is 9.84 Å². The van der Waals surface area contributed by atoms with E-state index in [0.717, 1.165) is 11.1 Å². The first kappa shape index (κ1) is 15.5. The van der Waals surface area contributed by atoms with Gasteiger partial charge in [-0.25, -0.2) is 4.39 Å². The molecule has 112 valence electrons. The van der Waals surface area contributed by atoms with E-state index in [1.807, 2.05) is 19.1 Å². The highest BCUT2D eigenvalue weighted by Gasteiger charge is 2.20. The van der Waals surface area contributed by atoms with E-state index in [1.54, 1.807) is 12.1 Å². The van der Waals surface area contributed by atoms with Crippen molar-refractivity contribution in [3.63, 3.8) is 0 Å². The molecule has 0 aliphatic rings. The first-order chi connectivity index (χ1) is 9.81. The van der Waals surface area contributed by atoms with E-state index >= 15 is 0 Å². The van der Waals surface area contributed by atoms with Crippen LogP contribution in [-0.4, -0.2) is 5.11 Å². The predicted octanol–water partition coefficient (Wildman–Crippen LogP) is 4.72. The van der Waals surface area contributed by atoms with Crippen molar-refractivity contribution in [3.8, 4) is 11.5 Å². The minimum Gasteiger partial charge on any atom is -0.454 e. The third kappa shape index (κ3) is 3.61. The molecular weight excluding hydrogens is 267 g/mol. The number of aliphatic hydroxyl groups excluding tert-OH is 1. The Morgan fingerprint density at radius 1 is 1.05 bits per heavy atom. The minimum absolute atomic E-state index is 0.0944. The Labute approximate surface area is 125 Å². The summed E-state index contributed by atoms with van der Waals surface area (Å²) in [5.74, 6) is 0.354. The first-order valence-electron chi connectivity index (χ1n) is 6.99. The summed E-state index contributed by atoms with van der Waals surface area (Å²) in [7, 11) is 0. The summed E-state index contributed by atoms with van der Waals surface area (Å²) in [6.45, 7) is 8.13. The summed E-state index contributed by atoms with van der Waals surface area (Å²) >= 11 is 0. The topological polar surface area (TPSA) is 29.5 Å². The molecule has 0 spiro atoms. The van der Waals surface area contributed by atoms with Crippen LogP contribution in [0.1, 0.15) is 37.5 Å². The van der Waals surface area contributed by atoms with Gasteiger partial charge in [0.2, 0.25) is 0 Å². The standard InChI is InChI=1S/C18H21FO2/c1-12-5-7-16(14(9-12)18(2,3)4)21-17-8-6-13(11-20)10-15(17)19/h5-10,20H,11H2,1-4H3. The van der Waals surface area contributed by atoms with E-state index in [2.05, 4.69) is 26.8 Å². The van der Waals surface area contributed by atoms with Gasteiger partial charge in [0.05, 0.1) is 6.61 Å². The summed E-state index contributed by atoms with van der Waals surface area (Å²) < 4.78 is 19.8. The largest absolute Gasteiger partial charge is 0.454 e. The van der Waals surface area contributed by atoms with E-state index < -0.39 is 5.82 Å². The van der Waals surface area contributed by atoms with E-state index in [9.17, 15) is 4.39 Å². The second-order valence-electron chi connectivity index (χ2n) is 6.27. The van der Waals surface area contributed by atoms with Gasteiger partial charge in [-0.05, 0) is 36.1 Å². The van der Waals surface area contributed by atoms with Crippen LogP contribution in [0.3, 0.4) is 0 Å². The van der Waals surface area contributed by atoms with E-state index in [1.165, 1.54) is 6.07 Å². The molecule has 3 heteroatoms. The second-order valence-corrected chi connectivity index (χ2v) is 6.27. The molecular formula is C18H21FO2. The molecule has 0 aromatic heterocycles. The molecule has 1 N–H and O–H groups in total. The average Bonchev–Trinajstić information content (AvgIpc) is 2.41. The lowest BCUT2D eigenvalue weighted by Crippen LogP contribution is -2.13. The molecule has 0 radical (unpaired) electrons. The zero-order chi connectivity index (χ0) is 15.6. The van der Waals surface area contributed by atoms with Crippen LogP contribution in [0.25, 0.3) is 0 Å². The average molecular weight is 288 g/mol. The monoisotopic (exact) mass is 288 g/mol. The number of benzene rings is 2. The van der Waals surface area contributed by atoms with Crippen molar-refractivity contribution in [1.82, 2.24) is 0 Å². The van der Waals surface area contributed by atoms with Crippen LogP contribution in [0, 0.1) is 12.7 Å². The molecule has 2 rings (SSSR count). The first-order valence-corrected chi connectivity index (χ1v) is 6.99. The van der Waals surface area contributed by atoms with Crippen LogP contribution < -0.4 is 4.74 Å². The smallest absolute Gasteiger partial charge is 0.166 e. The third-order valence-corrected chi connectivity index (χ3v) is 3.34. The van der Waals surface area contributed by atoms with Gasteiger partial charge in [-0.15, -0.1) is 0 Å². The molecule has 2 aromatic carbocycles. The molecule has 0 amide bonds. The van der Waals surface area contributed by atoms with Crippen molar-refractivity contribution < 1.29 is 14.2 Å². The van der Waals surface area contributed by atoms with Gasteiger partial charge >= 0.3 is 0 Å². The van der Waals surface area contributed by atoms with Crippen molar-refractivity contribution in [2.45, 2.75) is 39.7 Å². The molecule has 0 bridgehead atoms. The van der Waals surface area contributed by atoms with E-state index in [-0.39, 0.29) is 17.8 Å². The Kier molecular flexibility index (Phi) is 4.33. The Morgan fingerprint density at radius 2 is 1.71 bits per heavy atom. The highest BCUT2D eigenvalue weighted by atomic mass is 19.1. The van der Waals surface area contributed by atoms with Crippen molar-refractivity contribution >= 4 is 0 Å². The zero-order valence-corrected chi connectivity index (χ0v) is 12.9. The molecule has 2 nitrogen and oxygen atoms in total. The van der Waals surface area contributed by atoms with Gasteiger partial charge in [0.15, 0.2) is 11.6 Å². The number of ether oxygens (including phenoxy) is 1. The number of halogens is 1. The Morgan fingerprint density at radius 3 is 2.29 bits per heavy atom. The number of hydrogen-bond donors (Lipinski definition) is 1. The quantitative estimate of drug-likeness (QED) is 0.885. The molecule has 0 aliphatic carbocycles. The Hall–Kier alpha value is -1.87. The summed E-state index contributed by atoms with van der Waals surface area (Å²) in [5.41, 5.74) is 2.61. The second kappa shape index (κ2) is 5.86. The Bertz CT molecular complexity index is 642. The minimum atomic E-state index is -0.470. The maximum Gasteiger partial charge on any atom is 0.166 e. The number of rotatable bonds is 3. The van der Waals surface area contributed by atoms with Crippen molar-refractivity contribution in [1.29, 1.82) is 0 Å². The lowest BCUT2D eigenvalue weighted by atomic mass is 9.85. The fourth-order valence-corrected chi connectivity index (χ4v) is 2.16. The van der Waals surface area contributed by atoms with Gasteiger partial charge in [0.1, 0.15) is 5.75 Å². The SMILES string of the molecule is Cc1ccc(Oc2ccc(CO)cc2F)c(C(C)(C)C)c1. The molecule has 0 heterocycles. The lowest BCUT2D eigenvalue weighted by molar-refractivity contribution is 0.281.